The Balaban J connectivity index is 0.000000747. The first-order valence-corrected chi connectivity index (χ1v) is 13.6. The summed E-state index contributed by atoms with van der Waals surface area (Å²) in [7, 11) is 1.46. The number of ether oxygens (including phenoxy) is 2. The minimum Gasteiger partial charge on any atom is -0.472 e. The number of rotatable bonds is 5. The largest absolute Gasteiger partial charge is 0.472 e. The van der Waals surface area contributed by atoms with Crippen LogP contribution in [0.15, 0.2) is 23.0 Å². The van der Waals surface area contributed by atoms with Crippen molar-refractivity contribution in [3.8, 4) is 0 Å². The van der Waals surface area contributed by atoms with Crippen molar-refractivity contribution < 1.29 is 38.4 Å². The molecule has 4 aliphatic rings. The molecule has 2 bridgehead atoms. The van der Waals surface area contributed by atoms with Gasteiger partial charge in [0.25, 0.3) is 0 Å². The van der Waals surface area contributed by atoms with E-state index < -0.39 is 5.41 Å². The second kappa shape index (κ2) is 10.5. The Labute approximate surface area is 219 Å². The number of carbonyl (C=O) groups is 3. The van der Waals surface area contributed by atoms with E-state index in [0.717, 1.165) is 19.3 Å². The summed E-state index contributed by atoms with van der Waals surface area (Å²) in [5, 5.41) is 7.38. The van der Waals surface area contributed by atoms with Crippen molar-refractivity contribution in [2.75, 3.05) is 13.7 Å². The van der Waals surface area contributed by atoms with Gasteiger partial charge >= 0.3 is 11.9 Å². The molecule has 206 valence electrons. The fourth-order valence-electron chi connectivity index (χ4n) is 8.84. The molecule has 3 saturated carbocycles. The monoisotopic (exact) mass is 518 g/mol. The molecule has 0 amide bonds. The van der Waals surface area contributed by atoms with Gasteiger partial charge in [0.1, 0.15) is 12.4 Å². The average Bonchev–Trinajstić information content (AvgIpc) is 3.42. The lowest BCUT2D eigenvalue weighted by atomic mass is 9.37. The molecule has 0 aromatic carbocycles. The third kappa shape index (κ3) is 4.44. The zero-order valence-corrected chi connectivity index (χ0v) is 22.9. The molecule has 1 N–H and O–H groups in total. The SMILES string of the molecule is CCOO.COC(=O)C[C@H]1C(C)CC2C(C)[C@]1(C)C1CC[C@@](C)(C(=O)c3ccoc3)C3CC(=O)O[C@H]2C13. The number of esters is 2. The van der Waals surface area contributed by atoms with Gasteiger partial charge in [-0.05, 0) is 73.2 Å². The summed E-state index contributed by atoms with van der Waals surface area (Å²) in [5.74, 6) is 1.26. The highest BCUT2D eigenvalue weighted by molar-refractivity contribution is 6.00. The van der Waals surface area contributed by atoms with Crippen LogP contribution in [0, 0.1) is 52.3 Å². The highest BCUT2D eigenvalue weighted by atomic mass is 17.1. The minimum atomic E-state index is -0.628. The van der Waals surface area contributed by atoms with Crippen LogP contribution in [-0.4, -0.2) is 42.8 Å². The minimum absolute atomic E-state index is 0.0635. The third-order valence-electron chi connectivity index (χ3n) is 10.8. The van der Waals surface area contributed by atoms with E-state index >= 15 is 0 Å². The maximum Gasteiger partial charge on any atom is 0.306 e. The van der Waals surface area contributed by atoms with Crippen LogP contribution in [0.5, 0.6) is 0 Å². The lowest BCUT2D eigenvalue weighted by Gasteiger charge is -2.69. The van der Waals surface area contributed by atoms with Crippen LogP contribution in [0.4, 0.5) is 0 Å². The quantitative estimate of drug-likeness (QED) is 0.238. The maximum absolute atomic E-state index is 13.7. The van der Waals surface area contributed by atoms with Crippen molar-refractivity contribution >= 4 is 17.7 Å². The van der Waals surface area contributed by atoms with E-state index in [4.69, 9.17) is 19.1 Å². The summed E-state index contributed by atoms with van der Waals surface area (Å²) in [5.41, 5.74) is -0.115. The van der Waals surface area contributed by atoms with E-state index in [1.165, 1.54) is 19.6 Å². The Morgan fingerprint density at radius 2 is 1.92 bits per heavy atom. The Morgan fingerprint density at radius 1 is 1.22 bits per heavy atom. The first-order chi connectivity index (χ1) is 17.5. The van der Waals surface area contributed by atoms with Gasteiger partial charge in [-0.1, -0.05) is 27.7 Å². The summed E-state index contributed by atoms with van der Waals surface area (Å²) >= 11 is 0. The van der Waals surface area contributed by atoms with Crippen LogP contribution in [0.25, 0.3) is 0 Å². The van der Waals surface area contributed by atoms with Gasteiger partial charge in [-0.3, -0.25) is 19.6 Å². The molecule has 0 radical (unpaired) electrons. The van der Waals surface area contributed by atoms with E-state index in [1.807, 2.05) is 6.92 Å². The van der Waals surface area contributed by atoms with Gasteiger partial charge in [0.2, 0.25) is 0 Å². The van der Waals surface area contributed by atoms with E-state index in [1.54, 1.807) is 13.0 Å². The molecule has 37 heavy (non-hydrogen) atoms. The van der Waals surface area contributed by atoms with Crippen LogP contribution < -0.4 is 0 Å². The lowest BCUT2D eigenvalue weighted by Crippen LogP contribution is -2.68. The Hall–Kier alpha value is -2.19. The summed E-state index contributed by atoms with van der Waals surface area (Å²) in [4.78, 5) is 42.5. The topological polar surface area (TPSA) is 112 Å². The summed E-state index contributed by atoms with van der Waals surface area (Å²) in [6, 6.07) is 1.73. The molecular weight excluding hydrogens is 476 g/mol. The molecule has 4 fully saturated rings. The number of carbonyl (C=O) groups excluding carboxylic acids is 3. The molecule has 1 aromatic heterocycles. The lowest BCUT2D eigenvalue weighted by molar-refractivity contribution is -0.250. The van der Waals surface area contributed by atoms with Crippen molar-refractivity contribution in [3.63, 3.8) is 0 Å². The molecule has 5 rings (SSSR count). The van der Waals surface area contributed by atoms with Crippen molar-refractivity contribution in [1.29, 1.82) is 0 Å². The predicted octanol–water partition coefficient (Wildman–Crippen LogP) is 5.41. The highest BCUT2D eigenvalue weighted by Crippen LogP contribution is 2.69. The molecule has 8 heteroatoms. The zero-order valence-electron chi connectivity index (χ0n) is 22.9. The molecule has 10 atom stereocenters. The fraction of sp³-hybridized carbons (Fsp3) is 0.759. The summed E-state index contributed by atoms with van der Waals surface area (Å²) in [6.07, 6.45) is 6.17. The smallest absolute Gasteiger partial charge is 0.306 e. The Bertz CT molecular complexity index is 986. The number of methoxy groups -OCH3 is 1. The van der Waals surface area contributed by atoms with Crippen LogP contribution >= 0.6 is 0 Å². The molecule has 1 aliphatic heterocycles. The van der Waals surface area contributed by atoms with Gasteiger partial charge in [-0.25, -0.2) is 4.89 Å². The normalized spacial score (nSPS) is 42.0. The van der Waals surface area contributed by atoms with E-state index in [0.29, 0.717) is 36.3 Å². The Kier molecular flexibility index (Phi) is 7.92. The molecular formula is C29H42O8. The van der Waals surface area contributed by atoms with Crippen LogP contribution in [0.1, 0.15) is 77.1 Å². The van der Waals surface area contributed by atoms with Crippen molar-refractivity contribution in [3.05, 3.63) is 24.2 Å². The number of ketones is 1. The molecule has 2 heterocycles. The molecule has 1 saturated heterocycles. The first-order valence-electron chi connectivity index (χ1n) is 13.6. The Morgan fingerprint density at radius 3 is 2.51 bits per heavy atom. The number of Topliss-reactive ketones (excluding diaryl/α,β-unsaturated/α-hetero) is 1. The van der Waals surface area contributed by atoms with E-state index in [9.17, 15) is 14.4 Å². The van der Waals surface area contributed by atoms with Crippen molar-refractivity contribution in [2.24, 2.45) is 52.3 Å². The van der Waals surface area contributed by atoms with Crippen molar-refractivity contribution in [1.82, 2.24) is 0 Å². The molecule has 0 spiro atoms. The van der Waals surface area contributed by atoms with Gasteiger partial charge in [0, 0.05) is 24.2 Å². The standard InChI is InChI=1S/C27H36O6.C2H6O2/c1-14-10-17-15(2)27(4,19(14)11-21(28)31-5)18-6-8-26(3,25(30)16-7-9-32-13-16)20-12-22(29)33-24(17)23(18)20;1-2-4-3/h7,9,13-15,17-20,23-24H,6,8,10-12H2,1-5H3;3H,2H2,1H3/t14?,15?,17?,18?,19-,20?,23?,24+,26+,27+;/m0./s1. The summed E-state index contributed by atoms with van der Waals surface area (Å²) < 4.78 is 16.4. The second-order valence-corrected chi connectivity index (χ2v) is 12.1. The number of hydrogen-bond donors (Lipinski definition) is 1. The van der Waals surface area contributed by atoms with Crippen LogP contribution in [0.2, 0.25) is 0 Å². The first kappa shape index (κ1) is 27.8. The molecule has 6 unspecified atom stereocenters. The second-order valence-electron chi connectivity index (χ2n) is 12.1. The number of fused-ring (bicyclic) bond motifs is 4. The maximum atomic E-state index is 13.7. The zero-order chi connectivity index (χ0) is 27.1. The molecule has 3 aliphatic carbocycles. The van der Waals surface area contributed by atoms with Crippen LogP contribution in [-0.2, 0) is 24.0 Å². The molecule has 8 nitrogen and oxygen atoms in total. The van der Waals surface area contributed by atoms with Gasteiger partial charge in [-0.15, -0.1) is 0 Å². The van der Waals surface area contributed by atoms with Gasteiger partial charge < -0.3 is 13.9 Å². The van der Waals surface area contributed by atoms with Gasteiger partial charge in [0.05, 0.1) is 25.5 Å². The fourth-order valence-corrected chi connectivity index (χ4v) is 8.84. The van der Waals surface area contributed by atoms with Gasteiger partial charge in [0.15, 0.2) is 5.78 Å². The third-order valence-corrected chi connectivity index (χ3v) is 10.8. The number of hydrogen-bond acceptors (Lipinski definition) is 8. The van der Waals surface area contributed by atoms with Crippen molar-refractivity contribution in [2.45, 2.75) is 72.8 Å². The molecule has 1 aromatic rings. The number of furan rings is 1. The van der Waals surface area contributed by atoms with E-state index in [2.05, 4.69) is 25.7 Å². The van der Waals surface area contributed by atoms with E-state index in [-0.39, 0.29) is 59.3 Å². The summed E-state index contributed by atoms with van der Waals surface area (Å²) in [6.45, 7) is 11.0. The average molecular weight is 519 g/mol. The van der Waals surface area contributed by atoms with Crippen LogP contribution in [0.3, 0.4) is 0 Å². The predicted molar refractivity (Wildman–Crippen MR) is 134 cm³/mol. The van der Waals surface area contributed by atoms with Gasteiger partial charge in [-0.2, -0.15) is 0 Å². The highest BCUT2D eigenvalue weighted by Gasteiger charge is 2.69.